The summed E-state index contributed by atoms with van der Waals surface area (Å²) < 4.78 is 0. The molecule has 21 heteroatoms. The van der Waals surface area contributed by atoms with Gasteiger partial charge in [-0.1, -0.05) is 0 Å². The molecule has 21 nitrogen and oxygen atoms in total. The average Bonchev–Trinajstić information content (AvgIpc) is 2.20. The summed E-state index contributed by atoms with van der Waals surface area (Å²) in [6.45, 7) is 0. The zero-order valence-corrected chi connectivity index (χ0v) is 13.5. The van der Waals surface area contributed by atoms with E-state index in [1.54, 1.807) is 0 Å². The molecule has 0 saturated heterocycles. The number of nitrogens with two attached hydrogens (primary N) is 7. The van der Waals surface area contributed by atoms with E-state index < -0.39 is 42.7 Å². The molecule has 0 aliphatic heterocycles. The van der Waals surface area contributed by atoms with Crippen LogP contribution in [-0.2, 0) is 0 Å². The van der Waals surface area contributed by atoms with Crippen LogP contribution in [0.1, 0.15) is 0 Å². The Labute approximate surface area is 153 Å². The van der Waals surface area contributed by atoms with Crippen molar-refractivity contribution in [3.63, 3.8) is 0 Å². The highest BCUT2D eigenvalue weighted by Crippen LogP contribution is 1.36. The van der Waals surface area contributed by atoms with Crippen LogP contribution in [0.4, 0.5) is 33.6 Å². The van der Waals surface area contributed by atoms with Gasteiger partial charge in [-0.05, 0) is 0 Å². The third-order valence-corrected chi connectivity index (χ3v) is 0. The molecule has 0 heterocycles. The van der Waals surface area contributed by atoms with Gasteiger partial charge in [-0.25, -0.2) is 33.6 Å². The quantitative estimate of drug-likeness (QED) is 0.188. The molecule has 28 heavy (non-hydrogen) atoms. The summed E-state index contributed by atoms with van der Waals surface area (Å²) in [7, 11) is 0. The molecule has 0 bridgehead atoms. The fourth-order valence-corrected chi connectivity index (χ4v) is 0. The number of carboxylic acid groups (broad SMARTS) is 7. The van der Waals surface area contributed by atoms with Crippen molar-refractivity contribution in [1.82, 2.24) is 0 Å². The van der Waals surface area contributed by atoms with Crippen molar-refractivity contribution in [3.8, 4) is 0 Å². The topological polar surface area (TPSA) is 443 Å². The van der Waals surface area contributed by atoms with Gasteiger partial charge in [-0.15, -0.1) is 0 Å². The molecule has 0 aliphatic carbocycles. The zero-order valence-electron chi connectivity index (χ0n) is 13.5. The lowest BCUT2D eigenvalue weighted by atomic mass is 11.3. The van der Waals surface area contributed by atoms with Gasteiger partial charge >= 0.3 is 42.7 Å². The molecule has 0 aromatic carbocycles. The van der Waals surface area contributed by atoms with Gasteiger partial charge in [0.25, 0.3) is 0 Å². The Morgan fingerprint density at radius 3 is 0.286 bits per heavy atom. The van der Waals surface area contributed by atoms with Crippen molar-refractivity contribution in [1.29, 1.82) is 0 Å². The second-order valence-corrected chi connectivity index (χ2v) is 2.37. The Balaban J connectivity index is -0.0000000367. The van der Waals surface area contributed by atoms with Gasteiger partial charge in [0, 0.05) is 0 Å². The van der Waals surface area contributed by atoms with Gasteiger partial charge in [-0.2, -0.15) is 0 Å². The molecule has 0 rings (SSSR count). The van der Waals surface area contributed by atoms with E-state index in [2.05, 4.69) is 40.1 Å². The summed E-state index contributed by atoms with van der Waals surface area (Å²) in [6.07, 6.45) is -9.33. The van der Waals surface area contributed by atoms with Crippen LogP contribution in [0.15, 0.2) is 0 Å². The van der Waals surface area contributed by atoms with Crippen LogP contribution in [0.3, 0.4) is 0 Å². The minimum atomic E-state index is -1.33. The molecule has 168 valence electrons. The Morgan fingerprint density at radius 2 is 0.286 bits per heavy atom. The van der Waals surface area contributed by atoms with E-state index in [1.165, 1.54) is 0 Å². The largest absolute Gasteiger partial charge is 0.465 e. The number of amides is 7. The third-order valence-electron chi connectivity index (χ3n) is 0. The van der Waals surface area contributed by atoms with E-state index >= 15 is 0 Å². The van der Waals surface area contributed by atoms with Crippen molar-refractivity contribution < 1.29 is 69.3 Å². The van der Waals surface area contributed by atoms with E-state index in [4.69, 9.17) is 69.3 Å². The maximum absolute atomic E-state index is 8.78. The summed E-state index contributed by atoms with van der Waals surface area (Å²) in [4.78, 5) is 61.4. The van der Waals surface area contributed by atoms with Crippen LogP contribution in [0.5, 0.6) is 0 Å². The van der Waals surface area contributed by atoms with Crippen LogP contribution in [-0.4, -0.2) is 78.4 Å². The summed E-state index contributed by atoms with van der Waals surface area (Å²) in [6, 6.07) is 0. The second-order valence-electron chi connectivity index (χ2n) is 2.37. The van der Waals surface area contributed by atoms with Crippen LogP contribution in [0.2, 0.25) is 0 Å². The third kappa shape index (κ3) is 316. The van der Waals surface area contributed by atoms with Gasteiger partial charge < -0.3 is 75.9 Å². The van der Waals surface area contributed by atoms with Crippen LogP contribution in [0.25, 0.3) is 0 Å². The Kier molecular flexibility index (Phi) is 58.7. The minimum Gasteiger partial charge on any atom is -0.465 e. The Bertz CT molecular complexity index is 321. The lowest BCUT2D eigenvalue weighted by Gasteiger charge is -1.61. The molecule has 0 aromatic heterocycles. The fourth-order valence-electron chi connectivity index (χ4n) is 0. The Hall–Kier alpha value is -5.11. The minimum absolute atomic E-state index is 1.33. The smallest absolute Gasteiger partial charge is 0.402 e. The van der Waals surface area contributed by atoms with E-state index in [9.17, 15) is 0 Å². The van der Waals surface area contributed by atoms with E-state index in [1.807, 2.05) is 0 Å². The van der Waals surface area contributed by atoms with Crippen LogP contribution >= 0.6 is 0 Å². The first-order valence-electron chi connectivity index (χ1n) is 5.01. The molecular weight excluding hydrogens is 406 g/mol. The molecule has 0 fully saturated rings. The number of hydrogen-bond acceptors (Lipinski definition) is 7. The second kappa shape index (κ2) is 37.8. The lowest BCUT2D eigenvalue weighted by Crippen LogP contribution is -2.03. The van der Waals surface area contributed by atoms with Crippen molar-refractivity contribution in [3.05, 3.63) is 0 Å². The van der Waals surface area contributed by atoms with Crippen LogP contribution in [0, 0.1) is 0 Å². The first-order valence-corrected chi connectivity index (χ1v) is 5.01. The SMILES string of the molecule is NC(=O)O.NC(=O)O.NC(=O)O.NC(=O)O.NC(=O)O.NC(=O)O.NC(=O)O. The predicted molar refractivity (Wildman–Crippen MR) is 85.5 cm³/mol. The molecule has 21 N–H and O–H groups in total. The van der Waals surface area contributed by atoms with E-state index in [0.717, 1.165) is 0 Å². The van der Waals surface area contributed by atoms with Crippen molar-refractivity contribution in [2.24, 2.45) is 40.1 Å². The van der Waals surface area contributed by atoms with E-state index in [-0.39, 0.29) is 0 Å². The van der Waals surface area contributed by atoms with Crippen molar-refractivity contribution in [2.45, 2.75) is 0 Å². The predicted octanol–water partition coefficient (Wildman–Crippen LogP) is -2.64. The summed E-state index contributed by atoms with van der Waals surface area (Å²) >= 11 is 0. The van der Waals surface area contributed by atoms with Crippen molar-refractivity contribution in [2.75, 3.05) is 0 Å². The Morgan fingerprint density at radius 1 is 0.286 bits per heavy atom. The maximum atomic E-state index is 8.78. The first-order chi connectivity index (χ1) is 12.1. The maximum Gasteiger partial charge on any atom is 0.402 e. The summed E-state index contributed by atoms with van der Waals surface area (Å²) in [5.74, 6) is 0. The number of hydrogen-bond donors (Lipinski definition) is 14. The highest BCUT2D eigenvalue weighted by atomic mass is 16.4. The molecule has 0 radical (unpaired) electrons. The monoisotopic (exact) mass is 427 g/mol. The highest BCUT2D eigenvalue weighted by Gasteiger charge is 1.67. The summed E-state index contributed by atoms with van der Waals surface area (Å²) in [5, 5.41) is 50.4. The first kappa shape index (κ1) is 43.4. The molecule has 0 aromatic rings. The molecule has 0 aliphatic rings. The van der Waals surface area contributed by atoms with Crippen LogP contribution < -0.4 is 40.1 Å². The van der Waals surface area contributed by atoms with Gasteiger partial charge in [0.2, 0.25) is 0 Å². The molecular formula is C7H21N7O14. The molecule has 7 amide bonds. The summed E-state index contributed by atoms with van der Waals surface area (Å²) in [5.41, 5.74) is 28.2. The average molecular weight is 427 g/mol. The van der Waals surface area contributed by atoms with Gasteiger partial charge in [-0.3, -0.25) is 0 Å². The van der Waals surface area contributed by atoms with Crippen molar-refractivity contribution >= 4 is 42.7 Å². The zero-order chi connectivity index (χ0) is 25.0. The lowest BCUT2D eigenvalue weighted by molar-refractivity contribution is 0.204. The van der Waals surface area contributed by atoms with Gasteiger partial charge in [0.05, 0.1) is 0 Å². The normalized spacial score (nSPS) is 6.00. The number of rotatable bonds is 0. The van der Waals surface area contributed by atoms with Gasteiger partial charge in [0.15, 0.2) is 0 Å². The number of primary amides is 7. The van der Waals surface area contributed by atoms with Gasteiger partial charge in [0.1, 0.15) is 0 Å². The molecule has 0 atom stereocenters. The molecule has 0 saturated carbocycles. The number of carbonyl (C=O) groups is 7. The molecule has 0 spiro atoms. The molecule has 0 unspecified atom stereocenters. The fraction of sp³-hybridized carbons (Fsp3) is 0. The standard InChI is InChI=1S/7CH3NO2/c7*2-1(3)4/h7*2H2,(H,3,4). The highest BCUT2D eigenvalue weighted by molar-refractivity contribution is 5.62. The van der Waals surface area contributed by atoms with E-state index in [0.29, 0.717) is 0 Å².